The first-order valence-electron chi connectivity index (χ1n) is 8.50. The van der Waals surface area contributed by atoms with Crippen LogP contribution in [0.4, 0.5) is 5.69 Å². The summed E-state index contributed by atoms with van der Waals surface area (Å²) < 4.78 is 7.11. The van der Waals surface area contributed by atoms with Crippen LogP contribution < -0.4 is 15.5 Å². The predicted molar refractivity (Wildman–Crippen MR) is 102 cm³/mol. The van der Waals surface area contributed by atoms with Crippen molar-refractivity contribution >= 4 is 22.6 Å². The van der Waals surface area contributed by atoms with E-state index >= 15 is 0 Å². The monoisotopic (exact) mass is 351 g/mol. The van der Waals surface area contributed by atoms with Crippen molar-refractivity contribution in [1.29, 1.82) is 0 Å². The van der Waals surface area contributed by atoms with Gasteiger partial charge in [-0.3, -0.25) is 9.59 Å². The second-order valence-electron chi connectivity index (χ2n) is 6.04. The van der Waals surface area contributed by atoms with Crippen LogP contribution in [0.3, 0.4) is 0 Å². The zero-order chi connectivity index (χ0) is 18.7. The molecule has 3 aromatic rings. The Hall–Kier alpha value is -3.15. The summed E-state index contributed by atoms with van der Waals surface area (Å²) in [5.74, 6) is 0.0691. The minimum absolute atomic E-state index is 0.0857. The molecule has 0 radical (unpaired) electrons. The molecule has 0 unspecified atom stereocenters. The van der Waals surface area contributed by atoms with E-state index in [1.165, 1.54) is 7.11 Å². The molecule has 1 amide bonds. The number of amides is 1. The summed E-state index contributed by atoms with van der Waals surface area (Å²) in [5, 5.41) is 3.21. The Labute approximate surface area is 151 Å². The maximum absolute atomic E-state index is 12.8. The number of pyridine rings is 2. The average molecular weight is 351 g/mol. The molecule has 134 valence electrons. The third-order valence-electron chi connectivity index (χ3n) is 4.12. The number of carbonyl (C=O) groups excluding carboxylic acids is 1. The fourth-order valence-electron chi connectivity index (χ4n) is 2.87. The molecular formula is C20H21N3O3. The third-order valence-corrected chi connectivity index (χ3v) is 4.12. The van der Waals surface area contributed by atoms with Gasteiger partial charge in [-0.05, 0) is 37.6 Å². The van der Waals surface area contributed by atoms with Crippen LogP contribution in [0, 0.1) is 6.92 Å². The van der Waals surface area contributed by atoms with Gasteiger partial charge in [0.25, 0.3) is 5.91 Å². The number of hydrogen-bond donors (Lipinski definition) is 1. The quantitative estimate of drug-likeness (QED) is 0.765. The van der Waals surface area contributed by atoms with Crippen molar-refractivity contribution in [3.8, 4) is 5.75 Å². The molecule has 6 heteroatoms. The van der Waals surface area contributed by atoms with E-state index in [0.717, 1.165) is 12.1 Å². The summed E-state index contributed by atoms with van der Waals surface area (Å²) in [5.41, 5.74) is 1.71. The Morgan fingerprint density at radius 3 is 2.73 bits per heavy atom. The van der Waals surface area contributed by atoms with Gasteiger partial charge in [-0.1, -0.05) is 19.1 Å². The highest BCUT2D eigenvalue weighted by molar-refractivity contribution is 6.06. The SMILES string of the molecule is CCCn1cc(C(=O)Nc2ccccc2OC)c(=O)c2ccc(C)nc21. The average Bonchev–Trinajstić information content (AvgIpc) is 2.64. The summed E-state index contributed by atoms with van der Waals surface area (Å²) in [6.07, 6.45) is 2.45. The van der Waals surface area contributed by atoms with Crippen LogP contribution in [0.5, 0.6) is 5.75 Å². The maximum atomic E-state index is 12.8. The van der Waals surface area contributed by atoms with Crippen LogP contribution >= 0.6 is 0 Å². The van der Waals surface area contributed by atoms with Gasteiger partial charge >= 0.3 is 0 Å². The molecule has 2 aromatic heterocycles. The fraction of sp³-hybridized carbons (Fsp3) is 0.250. The van der Waals surface area contributed by atoms with Gasteiger partial charge in [-0.15, -0.1) is 0 Å². The van der Waals surface area contributed by atoms with E-state index in [2.05, 4.69) is 10.3 Å². The molecule has 0 fully saturated rings. The highest BCUT2D eigenvalue weighted by Gasteiger charge is 2.17. The molecule has 1 aromatic carbocycles. The van der Waals surface area contributed by atoms with E-state index in [4.69, 9.17) is 4.74 Å². The first kappa shape index (κ1) is 17.7. The van der Waals surface area contributed by atoms with Gasteiger partial charge in [-0.2, -0.15) is 0 Å². The van der Waals surface area contributed by atoms with Crippen molar-refractivity contribution in [2.45, 2.75) is 26.8 Å². The topological polar surface area (TPSA) is 73.2 Å². The summed E-state index contributed by atoms with van der Waals surface area (Å²) in [6.45, 7) is 4.58. The van der Waals surface area contributed by atoms with Crippen LogP contribution in [0.15, 0.2) is 47.4 Å². The number of para-hydroxylation sites is 2. The first-order chi connectivity index (χ1) is 12.5. The van der Waals surface area contributed by atoms with Crippen molar-refractivity contribution in [1.82, 2.24) is 9.55 Å². The van der Waals surface area contributed by atoms with Gasteiger partial charge in [0.2, 0.25) is 5.43 Å². The van der Waals surface area contributed by atoms with E-state index in [0.29, 0.717) is 29.0 Å². The fourth-order valence-corrected chi connectivity index (χ4v) is 2.87. The molecule has 0 atom stereocenters. The third kappa shape index (κ3) is 3.31. The number of carbonyl (C=O) groups is 1. The molecule has 3 rings (SSSR count). The van der Waals surface area contributed by atoms with Gasteiger partial charge in [0.05, 0.1) is 18.2 Å². The number of nitrogens with one attached hydrogen (secondary N) is 1. The van der Waals surface area contributed by atoms with Crippen molar-refractivity contribution in [3.63, 3.8) is 0 Å². The smallest absolute Gasteiger partial charge is 0.261 e. The highest BCUT2D eigenvalue weighted by atomic mass is 16.5. The summed E-state index contributed by atoms with van der Waals surface area (Å²) in [6, 6.07) is 10.6. The van der Waals surface area contributed by atoms with Crippen LogP contribution in [0.1, 0.15) is 29.4 Å². The van der Waals surface area contributed by atoms with E-state index in [9.17, 15) is 9.59 Å². The molecule has 0 bridgehead atoms. The van der Waals surface area contributed by atoms with Crippen LogP contribution in [0.2, 0.25) is 0 Å². The molecule has 0 spiro atoms. The van der Waals surface area contributed by atoms with Crippen LogP contribution in [-0.4, -0.2) is 22.6 Å². The minimum atomic E-state index is -0.466. The normalized spacial score (nSPS) is 10.7. The maximum Gasteiger partial charge on any atom is 0.261 e. The van der Waals surface area contributed by atoms with E-state index in [1.807, 2.05) is 24.5 Å². The number of fused-ring (bicyclic) bond motifs is 1. The largest absolute Gasteiger partial charge is 0.495 e. The molecule has 1 N–H and O–H groups in total. The molecule has 0 aliphatic rings. The van der Waals surface area contributed by atoms with Crippen LogP contribution in [0.25, 0.3) is 11.0 Å². The first-order valence-corrected chi connectivity index (χ1v) is 8.50. The number of aryl methyl sites for hydroxylation is 2. The van der Waals surface area contributed by atoms with E-state index < -0.39 is 5.91 Å². The van der Waals surface area contributed by atoms with Gasteiger partial charge < -0.3 is 14.6 Å². The number of methoxy groups -OCH3 is 1. The number of anilines is 1. The molecule has 26 heavy (non-hydrogen) atoms. The number of rotatable bonds is 5. The molecule has 0 aliphatic carbocycles. The van der Waals surface area contributed by atoms with Crippen molar-refractivity contribution in [2.24, 2.45) is 0 Å². The Morgan fingerprint density at radius 1 is 1.23 bits per heavy atom. The minimum Gasteiger partial charge on any atom is -0.495 e. The van der Waals surface area contributed by atoms with Crippen molar-refractivity contribution in [2.75, 3.05) is 12.4 Å². The number of ether oxygens (including phenoxy) is 1. The Balaban J connectivity index is 2.09. The van der Waals surface area contributed by atoms with Gasteiger partial charge in [0.1, 0.15) is 17.0 Å². The van der Waals surface area contributed by atoms with E-state index in [1.54, 1.807) is 36.5 Å². The molecular weight excluding hydrogens is 330 g/mol. The summed E-state index contributed by atoms with van der Waals surface area (Å²) >= 11 is 0. The zero-order valence-corrected chi connectivity index (χ0v) is 15.1. The Morgan fingerprint density at radius 2 is 2.00 bits per heavy atom. The lowest BCUT2D eigenvalue weighted by atomic mass is 10.1. The summed E-state index contributed by atoms with van der Waals surface area (Å²) in [7, 11) is 1.53. The van der Waals surface area contributed by atoms with Gasteiger partial charge in [-0.25, -0.2) is 4.98 Å². The van der Waals surface area contributed by atoms with Gasteiger partial charge in [0.15, 0.2) is 0 Å². The highest BCUT2D eigenvalue weighted by Crippen LogP contribution is 2.23. The number of hydrogen-bond acceptors (Lipinski definition) is 4. The lowest BCUT2D eigenvalue weighted by Gasteiger charge is -2.13. The zero-order valence-electron chi connectivity index (χ0n) is 15.1. The second kappa shape index (κ2) is 7.39. The second-order valence-corrected chi connectivity index (χ2v) is 6.04. The predicted octanol–water partition coefficient (Wildman–Crippen LogP) is 3.38. The Kier molecular flexibility index (Phi) is 5.02. The molecule has 0 saturated carbocycles. The molecule has 2 heterocycles. The van der Waals surface area contributed by atoms with Crippen molar-refractivity contribution in [3.05, 3.63) is 64.1 Å². The lowest BCUT2D eigenvalue weighted by molar-refractivity contribution is 0.102. The van der Waals surface area contributed by atoms with E-state index in [-0.39, 0.29) is 11.0 Å². The Bertz CT molecular complexity index is 1020. The number of aromatic nitrogens is 2. The standard InChI is InChI=1S/C20H21N3O3/c1-4-11-23-12-15(18(24)14-10-9-13(2)21-19(14)23)20(25)22-16-7-5-6-8-17(16)26-3/h5-10,12H,4,11H2,1-3H3,(H,22,25). The van der Waals surface area contributed by atoms with Crippen molar-refractivity contribution < 1.29 is 9.53 Å². The molecule has 6 nitrogen and oxygen atoms in total. The molecule has 0 aliphatic heterocycles. The lowest BCUT2D eigenvalue weighted by Crippen LogP contribution is -2.24. The summed E-state index contributed by atoms with van der Waals surface area (Å²) in [4.78, 5) is 30.1. The van der Waals surface area contributed by atoms with Gasteiger partial charge in [0, 0.05) is 18.4 Å². The number of benzene rings is 1. The molecule has 0 saturated heterocycles. The van der Waals surface area contributed by atoms with Crippen LogP contribution in [-0.2, 0) is 6.54 Å². The number of nitrogens with zero attached hydrogens (tertiary/aromatic N) is 2.